The third-order valence-corrected chi connectivity index (χ3v) is 5.66. The van der Waals surface area contributed by atoms with Gasteiger partial charge in [0, 0.05) is 19.5 Å². The van der Waals surface area contributed by atoms with Crippen LogP contribution in [0.3, 0.4) is 0 Å². The molecular formula is C19H19F3N4O3S. The zero-order valence-electron chi connectivity index (χ0n) is 16.4. The van der Waals surface area contributed by atoms with E-state index in [1.54, 1.807) is 19.5 Å². The summed E-state index contributed by atoms with van der Waals surface area (Å²) in [4.78, 5) is 43.8. The molecule has 2 heterocycles. The standard InChI is InChI=1S/C19H19F3N4O3S/c1-18(11-5-4-6-12(7-11)19(20,21)22)16(28)26(17(29)24-18)9-13-10-30-14(23-13)8-15(27)25(2)3/h4-7,10H,8-9H2,1-3H3,(H,24,29). The van der Waals surface area contributed by atoms with Crippen LogP contribution >= 0.6 is 11.3 Å². The van der Waals surface area contributed by atoms with E-state index >= 15 is 0 Å². The summed E-state index contributed by atoms with van der Waals surface area (Å²) in [6.45, 7) is 1.22. The van der Waals surface area contributed by atoms with Gasteiger partial charge in [-0.05, 0) is 24.6 Å². The number of aromatic nitrogens is 1. The number of hydrogen-bond acceptors (Lipinski definition) is 5. The Hall–Kier alpha value is -2.95. The Balaban J connectivity index is 1.80. The molecule has 1 atom stereocenters. The summed E-state index contributed by atoms with van der Waals surface area (Å²) in [5.74, 6) is -0.811. The molecule has 3 rings (SSSR count). The maximum Gasteiger partial charge on any atom is 0.416 e. The summed E-state index contributed by atoms with van der Waals surface area (Å²) in [5, 5.41) is 4.66. The van der Waals surface area contributed by atoms with Gasteiger partial charge in [0.2, 0.25) is 5.91 Å². The van der Waals surface area contributed by atoms with Gasteiger partial charge >= 0.3 is 12.2 Å². The summed E-state index contributed by atoms with van der Waals surface area (Å²) in [5.41, 5.74) is -2.08. The molecule has 0 aliphatic carbocycles. The van der Waals surface area contributed by atoms with E-state index in [0.29, 0.717) is 10.7 Å². The number of likely N-dealkylation sites (N-methyl/N-ethyl adjacent to an activating group) is 1. The van der Waals surface area contributed by atoms with Crippen LogP contribution in [0, 0.1) is 0 Å². The molecule has 1 unspecified atom stereocenters. The predicted molar refractivity (Wildman–Crippen MR) is 102 cm³/mol. The van der Waals surface area contributed by atoms with Gasteiger partial charge in [0.15, 0.2) is 0 Å². The topological polar surface area (TPSA) is 82.6 Å². The number of hydrogen-bond donors (Lipinski definition) is 1. The maximum absolute atomic E-state index is 13.0. The quantitative estimate of drug-likeness (QED) is 0.725. The first-order valence-corrected chi connectivity index (χ1v) is 9.75. The Morgan fingerprint density at radius 3 is 2.63 bits per heavy atom. The van der Waals surface area contributed by atoms with Crippen LogP contribution in [0.5, 0.6) is 0 Å². The Morgan fingerprint density at radius 2 is 2.00 bits per heavy atom. The minimum Gasteiger partial charge on any atom is -0.348 e. The minimum atomic E-state index is -4.57. The van der Waals surface area contributed by atoms with E-state index in [0.717, 1.165) is 17.0 Å². The summed E-state index contributed by atoms with van der Waals surface area (Å²) >= 11 is 1.23. The van der Waals surface area contributed by atoms with Crippen LogP contribution in [0.2, 0.25) is 0 Å². The van der Waals surface area contributed by atoms with Gasteiger partial charge in [0.05, 0.1) is 24.2 Å². The molecule has 0 radical (unpaired) electrons. The average Bonchev–Trinajstić information content (AvgIpc) is 3.19. The molecule has 1 N–H and O–H groups in total. The van der Waals surface area contributed by atoms with Crippen LogP contribution in [0.15, 0.2) is 29.6 Å². The summed E-state index contributed by atoms with van der Waals surface area (Å²) < 4.78 is 39.1. The third-order valence-electron chi connectivity index (χ3n) is 4.76. The molecule has 1 saturated heterocycles. The van der Waals surface area contributed by atoms with Crippen molar-refractivity contribution in [2.45, 2.75) is 31.6 Å². The highest BCUT2D eigenvalue weighted by atomic mass is 32.1. The van der Waals surface area contributed by atoms with Gasteiger partial charge in [0.25, 0.3) is 5.91 Å². The molecule has 1 aromatic carbocycles. The van der Waals surface area contributed by atoms with Crippen molar-refractivity contribution in [3.05, 3.63) is 51.5 Å². The molecular weight excluding hydrogens is 421 g/mol. The van der Waals surface area contributed by atoms with E-state index in [2.05, 4.69) is 10.3 Å². The Bertz CT molecular complexity index is 1000. The van der Waals surface area contributed by atoms with Crippen molar-refractivity contribution in [3.8, 4) is 0 Å². The van der Waals surface area contributed by atoms with Gasteiger partial charge in [-0.1, -0.05) is 12.1 Å². The molecule has 0 spiro atoms. The van der Waals surface area contributed by atoms with E-state index in [9.17, 15) is 27.6 Å². The second kappa shape index (κ2) is 7.71. The van der Waals surface area contributed by atoms with Crippen molar-refractivity contribution in [2.75, 3.05) is 14.1 Å². The zero-order valence-corrected chi connectivity index (χ0v) is 17.2. The summed E-state index contributed by atoms with van der Waals surface area (Å²) in [7, 11) is 3.25. The molecule has 30 heavy (non-hydrogen) atoms. The average molecular weight is 440 g/mol. The van der Waals surface area contributed by atoms with Crippen molar-refractivity contribution in [3.63, 3.8) is 0 Å². The Labute approximate surface area is 174 Å². The van der Waals surface area contributed by atoms with Gasteiger partial charge in [-0.3, -0.25) is 14.5 Å². The van der Waals surface area contributed by atoms with E-state index in [1.807, 2.05) is 0 Å². The van der Waals surface area contributed by atoms with Crippen LogP contribution in [-0.2, 0) is 34.3 Å². The van der Waals surface area contributed by atoms with Gasteiger partial charge in [0.1, 0.15) is 10.5 Å². The number of thiazole rings is 1. The normalized spacial score (nSPS) is 19.2. The first-order valence-electron chi connectivity index (χ1n) is 8.87. The number of carbonyl (C=O) groups excluding carboxylic acids is 3. The minimum absolute atomic E-state index is 0.0359. The molecule has 0 bridgehead atoms. The number of nitrogens with one attached hydrogen (secondary N) is 1. The van der Waals surface area contributed by atoms with Gasteiger partial charge in [-0.15, -0.1) is 11.3 Å². The van der Waals surface area contributed by atoms with Crippen LogP contribution in [-0.4, -0.2) is 46.7 Å². The Morgan fingerprint density at radius 1 is 1.30 bits per heavy atom. The van der Waals surface area contributed by atoms with Crippen LogP contribution in [0.4, 0.5) is 18.0 Å². The molecule has 1 aliphatic rings. The third kappa shape index (κ3) is 4.16. The van der Waals surface area contributed by atoms with Crippen molar-refractivity contribution in [1.29, 1.82) is 0 Å². The molecule has 4 amide bonds. The largest absolute Gasteiger partial charge is 0.416 e. The monoisotopic (exact) mass is 440 g/mol. The molecule has 1 fully saturated rings. The van der Waals surface area contributed by atoms with Crippen LogP contribution in [0.25, 0.3) is 0 Å². The van der Waals surface area contributed by atoms with E-state index < -0.39 is 29.2 Å². The highest BCUT2D eigenvalue weighted by molar-refractivity contribution is 7.09. The van der Waals surface area contributed by atoms with E-state index in [4.69, 9.17) is 0 Å². The first kappa shape index (κ1) is 21.8. The fraction of sp³-hybridized carbons (Fsp3) is 0.368. The lowest BCUT2D eigenvalue weighted by atomic mass is 9.90. The van der Waals surface area contributed by atoms with Crippen molar-refractivity contribution >= 4 is 29.2 Å². The van der Waals surface area contributed by atoms with Gasteiger partial charge in [-0.2, -0.15) is 13.2 Å². The SMILES string of the molecule is CN(C)C(=O)Cc1nc(CN2C(=O)NC(C)(c3cccc(C(F)(F)F)c3)C2=O)cs1. The maximum atomic E-state index is 13.0. The number of carbonyl (C=O) groups is 3. The van der Waals surface area contributed by atoms with Crippen molar-refractivity contribution < 1.29 is 27.6 Å². The van der Waals surface area contributed by atoms with Gasteiger partial charge in [-0.25, -0.2) is 9.78 Å². The number of benzene rings is 1. The molecule has 11 heteroatoms. The molecule has 7 nitrogen and oxygen atoms in total. The fourth-order valence-corrected chi connectivity index (χ4v) is 3.77. The highest BCUT2D eigenvalue weighted by Gasteiger charge is 2.49. The lowest BCUT2D eigenvalue weighted by Crippen LogP contribution is -2.41. The molecule has 0 saturated carbocycles. The molecule has 1 aromatic heterocycles. The smallest absolute Gasteiger partial charge is 0.348 e. The summed E-state index contributed by atoms with van der Waals surface area (Å²) in [6.07, 6.45) is -4.47. The van der Waals surface area contributed by atoms with Gasteiger partial charge < -0.3 is 10.2 Å². The van der Waals surface area contributed by atoms with Crippen LogP contribution < -0.4 is 5.32 Å². The Kier molecular flexibility index (Phi) is 5.59. The van der Waals surface area contributed by atoms with Crippen molar-refractivity contribution in [1.82, 2.24) is 20.1 Å². The molecule has 1 aliphatic heterocycles. The molecule has 2 aromatic rings. The number of nitrogens with zero attached hydrogens (tertiary/aromatic N) is 3. The lowest BCUT2D eigenvalue weighted by molar-refractivity contribution is -0.138. The summed E-state index contributed by atoms with van der Waals surface area (Å²) in [6, 6.07) is 3.59. The second-order valence-electron chi connectivity index (χ2n) is 7.22. The van der Waals surface area contributed by atoms with Crippen LogP contribution in [0.1, 0.15) is 28.8 Å². The number of amides is 4. The number of alkyl halides is 3. The molecule has 160 valence electrons. The predicted octanol–water partition coefficient (Wildman–Crippen LogP) is 2.76. The number of rotatable bonds is 5. The zero-order chi connectivity index (χ0) is 22.3. The van der Waals surface area contributed by atoms with E-state index in [-0.39, 0.29) is 24.4 Å². The second-order valence-corrected chi connectivity index (χ2v) is 8.17. The van der Waals surface area contributed by atoms with Crippen molar-refractivity contribution in [2.24, 2.45) is 0 Å². The highest BCUT2D eigenvalue weighted by Crippen LogP contribution is 2.35. The lowest BCUT2D eigenvalue weighted by Gasteiger charge is -2.23. The van der Waals surface area contributed by atoms with E-state index in [1.165, 1.54) is 35.3 Å². The fourth-order valence-electron chi connectivity index (χ4n) is 2.99. The number of halogens is 3. The first-order chi connectivity index (χ1) is 13.9. The number of imide groups is 1. The number of urea groups is 1.